The zero-order chi connectivity index (χ0) is 9.52. The second-order valence-corrected chi connectivity index (χ2v) is 2.72. The average molecular weight is 177 g/mol. The topological polar surface area (TPSA) is 26.3 Å². The predicted molar refractivity (Wildman–Crippen MR) is 51.6 cm³/mol. The SMILES string of the molecule is CCOc1ccc(CC[C]=O)cc1. The van der Waals surface area contributed by atoms with E-state index in [-0.39, 0.29) is 0 Å². The highest BCUT2D eigenvalue weighted by atomic mass is 16.5. The highest BCUT2D eigenvalue weighted by molar-refractivity contribution is 5.51. The molecule has 0 unspecified atom stereocenters. The molecule has 0 saturated carbocycles. The maximum atomic E-state index is 10.00. The summed E-state index contributed by atoms with van der Waals surface area (Å²) in [6.45, 7) is 2.64. The van der Waals surface area contributed by atoms with Crippen LogP contribution >= 0.6 is 0 Å². The van der Waals surface area contributed by atoms with E-state index >= 15 is 0 Å². The van der Waals surface area contributed by atoms with Crippen LogP contribution in [0.3, 0.4) is 0 Å². The molecule has 1 rings (SSSR count). The van der Waals surface area contributed by atoms with Crippen molar-refractivity contribution in [2.24, 2.45) is 0 Å². The summed E-state index contributed by atoms with van der Waals surface area (Å²) in [6.07, 6.45) is 3.10. The molecule has 2 nitrogen and oxygen atoms in total. The third-order valence-corrected chi connectivity index (χ3v) is 1.75. The Morgan fingerprint density at radius 1 is 1.31 bits per heavy atom. The first kappa shape index (κ1) is 9.78. The molecular weight excluding hydrogens is 164 g/mol. The van der Waals surface area contributed by atoms with E-state index in [4.69, 9.17) is 4.74 Å². The van der Waals surface area contributed by atoms with E-state index in [1.807, 2.05) is 37.5 Å². The van der Waals surface area contributed by atoms with Crippen molar-refractivity contribution in [2.45, 2.75) is 19.8 Å². The van der Waals surface area contributed by atoms with Crippen molar-refractivity contribution < 1.29 is 9.53 Å². The fourth-order valence-electron chi connectivity index (χ4n) is 1.11. The number of carbonyl (C=O) groups excluding carboxylic acids is 1. The van der Waals surface area contributed by atoms with Crippen LogP contribution in [0.5, 0.6) is 5.75 Å². The molecule has 13 heavy (non-hydrogen) atoms. The molecule has 0 saturated heterocycles. The van der Waals surface area contributed by atoms with Gasteiger partial charge in [-0.3, -0.25) is 4.79 Å². The molecule has 0 fully saturated rings. The maximum Gasteiger partial charge on any atom is 0.198 e. The molecular formula is C11H13O2. The molecule has 1 aromatic carbocycles. The smallest absolute Gasteiger partial charge is 0.198 e. The minimum absolute atomic E-state index is 0.466. The normalized spacial score (nSPS) is 9.62. The lowest BCUT2D eigenvalue weighted by Gasteiger charge is -2.03. The van der Waals surface area contributed by atoms with E-state index < -0.39 is 0 Å². The highest BCUT2D eigenvalue weighted by Crippen LogP contribution is 2.12. The predicted octanol–water partition coefficient (Wildman–Crippen LogP) is 2.13. The van der Waals surface area contributed by atoms with Crippen LogP contribution in [0, 0.1) is 0 Å². The van der Waals surface area contributed by atoms with Crippen molar-refractivity contribution in [1.82, 2.24) is 0 Å². The molecule has 0 spiro atoms. The first-order valence-corrected chi connectivity index (χ1v) is 4.43. The van der Waals surface area contributed by atoms with E-state index in [1.165, 1.54) is 0 Å². The highest BCUT2D eigenvalue weighted by Gasteiger charge is 1.94. The standard InChI is InChI=1S/C11H13O2/c1-2-13-11-7-5-10(6-8-11)4-3-9-12/h5-8H,2-4H2,1H3. The molecule has 0 aliphatic rings. The second kappa shape index (κ2) is 5.36. The van der Waals surface area contributed by atoms with Gasteiger partial charge in [-0.15, -0.1) is 0 Å². The molecule has 0 aliphatic heterocycles. The zero-order valence-electron chi connectivity index (χ0n) is 7.75. The first-order chi connectivity index (χ1) is 6.36. The summed E-state index contributed by atoms with van der Waals surface area (Å²) in [5, 5.41) is 0. The Morgan fingerprint density at radius 2 is 2.00 bits per heavy atom. The number of aryl methyl sites for hydroxylation is 1. The van der Waals surface area contributed by atoms with Gasteiger partial charge in [0, 0.05) is 6.42 Å². The first-order valence-electron chi connectivity index (χ1n) is 4.43. The third-order valence-electron chi connectivity index (χ3n) is 1.75. The summed E-state index contributed by atoms with van der Waals surface area (Å²) >= 11 is 0. The van der Waals surface area contributed by atoms with E-state index in [2.05, 4.69) is 0 Å². The van der Waals surface area contributed by atoms with Gasteiger partial charge in [0.15, 0.2) is 6.29 Å². The maximum absolute atomic E-state index is 10.00. The summed E-state index contributed by atoms with van der Waals surface area (Å²) in [6, 6.07) is 7.79. The number of rotatable bonds is 5. The zero-order valence-corrected chi connectivity index (χ0v) is 7.75. The van der Waals surface area contributed by atoms with Gasteiger partial charge in [-0.2, -0.15) is 0 Å². The van der Waals surface area contributed by atoms with E-state index in [9.17, 15) is 4.79 Å². The Bertz CT molecular complexity index is 251. The van der Waals surface area contributed by atoms with Crippen LogP contribution < -0.4 is 4.74 Å². The summed E-state index contributed by atoms with van der Waals surface area (Å²) in [5.41, 5.74) is 1.15. The van der Waals surface area contributed by atoms with Crippen LogP contribution in [0.2, 0.25) is 0 Å². The Balaban J connectivity index is 2.53. The lowest BCUT2D eigenvalue weighted by molar-refractivity contribution is 0.340. The number of ether oxygens (including phenoxy) is 1. The Hall–Kier alpha value is -1.31. The molecule has 0 heterocycles. The summed E-state index contributed by atoms with van der Waals surface area (Å²) in [7, 11) is 0. The van der Waals surface area contributed by atoms with Crippen molar-refractivity contribution in [3.63, 3.8) is 0 Å². The molecule has 0 amide bonds. The Morgan fingerprint density at radius 3 is 2.54 bits per heavy atom. The average Bonchev–Trinajstić information content (AvgIpc) is 2.17. The van der Waals surface area contributed by atoms with Crippen LogP contribution in [0.4, 0.5) is 0 Å². The third kappa shape index (κ3) is 3.28. The van der Waals surface area contributed by atoms with E-state index in [1.54, 1.807) is 0 Å². The summed E-state index contributed by atoms with van der Waals surface area (Å²) in [5.74, 6) is 0.876. The molecule has 0 atom stereocenters. The lowest BCUT2D eigenvalue weighted by atomic mass is 10.1. The Labute approximate surface area is 78.5 Å². The van der Waals surface area contributed by atoms with E-state index in [0.717, 1.165) is 17.7 Å². The molecule has 1 radical (unpaired) electrons. The van der Waals surface area contributed by atoms with Crippen LogP contribution in [0.25, 0.3) is 0 Å². The molecule has 2 heteroatoms. The summed E-state index contributed by atoms with van der Waals surface area (Å²) < 4.78 is 5.29. The number of benzene rings is 1. The van der Waals surface area contributed by atoms with Gasteiger partial charge in [0.2, 0.25) is 0 Å². The lowest BCUT2D eigenvalue weighted by Crippen LogP contribution is -1.91. The molecule has 69 valence electrons. The molecule has 0 bridgehead atoms. The van der Waals surface area contributed by atoms with Crippen molar-refractivity contribution in [3.8, 4) is 5.75 Å². The minimum atomic E-state index is 0.466. The van der Waals surface area contributed by atoms with Gasteiger partial charge in [-0.1, -0.05) is 12.1 Å². The largest absolute Gasteiger partial charge is 0.494 e. The van der Waals surface area contributed by atoms with Crippen LogP contribution in [-0.2, 0) is 11.2 Å². The quantitative estimate of drug-likeness (QED) is 0.688. The molecule has 1 aromatic rings. The fraction of sp³-hybridized carbons (Fsp3) is 0.364. The van der Waals surface area contributed by atoms with Crippen LogP contribution in [-0.4, -0.2) is 12.9 Å². The van der Waals surface area contributed by atoms with Gasteiger partial charge in [0.05, 0.1) is 6.61 Å². The van der Waals surface area contributed by atoms with Crippen molar-refractivity contribution >= 4 is 6.29 Å². The van der Waals surface area contributed by atoms with Crippen molar-refractivity contribution in [1.29, 1.82) is 0 Å². The molecule has 0 aromatic heterocycles. The molecule has 0 aliphatic carbocycles. The monoisotopic (exact) mass is 177 g/mol. The van der Waals surface area contributed by atoms with Crippen molar-refractivity contribution in [2.75, 3.05) is 6.61 Å². The van der Waals surface area contributed by atoms with Gasteiger partial charge in [-0.25, -0.2) is 0 Å². The number of hydrogen-bond acceptors (Lipinski definition) is 2. The number of hydrogen-bond donors (Lipinski definition) is 0. The Kier molecular flexibility index (Phi) is 4.03. The van der Waals surface area contributed by atoms with E-state index in [0.29, 0.717) is 13.0 Å². The molecule has 0 N–H and O–H groups in total. The van der Waals surface area contributed by atoms with Crippen LogP contribution in [0.1, 0.15) is 18.9 Å². The summed E-state index contributed by atoms with van der Waals surface area (Å²) in [4.78, 5) is 10.00. The van der Waals surface area contributed by atoms with Crippen molar-refractivity contribution in [3.05, 3.63) is 29.8 Å². The van der Waals surface area contributed by atoms with Gasteiger partial charge < -0.3 is 4.74 Å². The fourth-order valence-corrected chi connectivity index (χ4v) is 1.11. The minimum Gasteiger partial charge on any atom is -0.494 e. The second-order valence-electron chi connectivity index (χ2n) is 2.72. The van der Waals surface area contributed by atoms with Gasteiger partial charge >= 0.3 is 0 Å². The van der Waals surface area contributed by atoms with Gasteiger partial charge in [0.25, 0.3) is 0 Å². The van der Waals surface area contributed by atoms with Crippen LogP contribution in [0.15, 0.2) is 24.3 Å². The van der Waals surface area contributed by atoms with Gasteiger partial charge in [-0.05, 0) is 31.0 Å². The van der Waals surface area contributed by atoms with Gasteiger partial charge in [0.1, 0.15) is 5.75 Å².